The van der Waals surface area contributed by atoms with Crippen LogP contribution in [0.25, 0.3) is 0 Å². The Morgan fingerprint density at radius 2 is 0.610 bits per heavy atom. The Hall–Kier alpha value is -2.53. The highest BCUT2D eigenvalue weighted by Crippen LogP contribution is 2.49. The number of rotatable bonds is 82. The van der Waals surface area contributed by atoms with Gasteiger partial charge >= 0.3 is 31.7 Å². The highest BCUT2D eigenvalue weighted by molar-refractivity contribution is 7.47. The van der Waals surface area contributed by atoms with Crippen molar-refractivity contribution in [2.75, 3.05) is 26.4 Å². The predicted molar refractivity (Wildman–Crippen MR) is 481 cm³/mol. The van der Waals surface area contributed by atoms with Crippen LogP contribution in [0.1, 0.15) is 452 Å². The first-order valence-corrected chi connectivity index (χ1v) is 52.0. The van der Waals surface area contributed by atoms with Crippen LogP contribution in [0.4, 0.5) is 0 Å². The van der Waals surface area contributed by atoms with Gasteiger partial charge in [-0.3, -0.25) is 28.2 Å². The maximum Gasteiger partial charge on any atom is 0.472 e. The molecule has 2 aliphatic heterocycles. The molecule has 0 spiro atoms. The van der Waals surface area contributed by atoms with E-state index in [1.165, 1.54) is 225 Å². The van der Waals surface area contributed by atoms with Gasteiger partial charge in [-0.15, -0.1) is 0 Å². The number of esters is 4. The van der Waals surface area contributed by atoms with Gasteiger partial charge in [-0.05, 0) is 37.5 Å². The van der Waals surface area contributed by atoms with Gasteiger partial charge in [0.1, 0.15) is 92.6 Å². The van der Waals surface area contributed by atoms with Gasteiger partial charge in [0.05, 0.1) is 13.2 Å². The quantitative estimate of drug-likeness (QED) is 0.0117. The molecule has 1 saturated carbocycles. The molecule has 0 radical (unpaired) electrons. The van der Waals surface area contributed by atoms with Crippen LogP contribution in [-0.4, -0.2) is 205 Å². The average Bonchev–Trinajstić information content (AvgIpc) is 0.753. The molecular formula is C97H183O25P. The van der Waals surface area contributed by atoms with Gasteiger partial charge in [-0.25, -0.2) is 4.57 Å². The molecule has 0 aromatic rings. The molecule has 25 nitrogen and oxygen atoms in total. The lowest BCUT2D eigenvalue weighted by molar-refractivity contribution is -0.360. The van der Waals surface area contributed by atoms with Crippen LogP contribution < -0.4 is 0 Å². The minimum Gasteiger partial charge on any atom is -0.463 e. The Balaban J connectivity index is 1.91. The van der Waals surface area contributed by atoms with E-state index in [9.17, 15) is 74.6 Å². The molecule has 123 heavy (non-hydrogen) atoms. The zero-order valence-electron chi connectivity index (χ0n) is 78.1. The van der Waals surface area contributed by atoms with Gasteiger partial charge in [0, 0.05) is 25.7 Å². The summed E-state index contributed by atoms with van der Waals surface area (Å²) in [5, 5.41) is 103. The van der Waals surface area contributed by atoms with Crippen molar-refractivity contribution in [3.05, 3.63) is 0 Å². The fourth-order valence-corrected chi connectivity index (χ4v) is 18.2. The Morgan fingerprint density at radius 3 is 0.967 bits per heavy atom. The molecule has 0 amide bonds. The molecule has 2 heterocycles. The van der Waals surface area contributed by atoms with Gasteiger partial charge in [0.2, 0.25) is 0 Å². The van der Waals surface area contributed by atoms with Crippen molar-refractivity contribution in [2.24, 2.45) is 11.8 Å². The smallest absolute Gasteiger partial charge is 0.463 e. The Morgan fingerprint density at radius 1 is 0.317 bits per heavy atom. The topological polar surface area (TPSA) is 380 Å². The summed E-state index contributed by atoms with van der Waals surface area (Å²) < 4.78 is 73.8. The molecule has 3 aliphatic rings. The van der Waals surface area contributed by atoms with Crippen LogP contribution in [0.15, 0.2) is 0 Å². The standard InChI is InChI=1S/C97H183O25P/c1-7-11-15-19-23-25-27-29-31-33-35-37-39-41-51-59-67-80(99)113-72-77(116-82(101)69-61-53-42-40-38-36-34-32-30-28-26-24-20-16-12-8-2)73-115-123(111,112)122-95-93(120-96-90(109)86(105)84(103)78(71-98)117-96)89(108)88(107)92(119-83(102)70-62-54-46-44-50-58-66-76(6)64-56-48-22-18-14-10-4)94(95)121-97-91(110)87(106)85(104)79(118-97)74-114-81(100)68-60-52-45-43-49-57-65-75(5)63-55-47-21-17-13-9-3/h75-79,84-98,103-110H,7-74H2,1-6H3,(H,111,112). The van der Waals surface area contributed by atoms with Crippen molar-refractivity contribution in [3.63, 3.8) is 0 Å². The maximum atomic E-state index is 15.0. The molecule has 26 heteroatoms. The first-order valence-electron chi connectivity index (χ1n) is 50.6. The minimum absolute atomic E-state index is 0.0168. The summed E-state index contributed by atoms with van der Waals surface area (Å²) in [5.74, 6) is -1.63. The van der Waals surface area contributed by atoms with E-state index in [1.807, 2.05) is 0 Å². The largest absolute Gasteiger partial charge is 0.472 e. The summed E-state index contributed by atoms with van der Waals surface area (Å²) in [4.78, 5) is 66.8. The normalized spacial score (nSPS) is 24.9. The number of ether oxygens (including phenoxy) is 8. The third-order valence-electron chi connectivity index (χ3n) is 25.4. The van der Waals surface area contributed by atoms with Crippen LogP contribution in [0.3, 0.4) is 0 Å². The SMILES string of the molecule is CCCCCCCCCCCCCCCCCCC(=O)OCC(COP(=O)(O)OC1C(OC2OC(CO)C(O)C(O)C2O)C(O)C(O)C(OC(=O)CCCCCCCCC(C)CCCCCCCC)C1OC1OC(COC(=O)CCCCCCCCC(C)CCCCCCCC)C(O)C(O)C1O)OC(=O)CCCCCCCCCCCCCCCCCC. The van der Waals surface area contributed by atoms with E-state index in [0.29, 0.717) is 43.9 Å². The zero-order valence-corrected chi connectivity index (χ0v) is 79.0. The highest BCUT2D eigenvalue weighted by Gasteiger charge is 2.60. The van der Waals surface area contributed by atoms with Crippen LogP contribution in [0, 0.1) is 11.8 Å². The molecule has 0 bridgehead atoms. The predicted octanol–water partition coefficient (Wildman–Crippen LogP) is 19.8. The molecule has 1 aliphatic carbocycles. The third kappa shape index (κ3) is 54.2. The summed E-state index contributed by atoms with van der Waals surface area (Å²) in [7, 11) is -5.81. The second kappa shape index (κ2) is 74.1. The van der Waals surface area contributed by atoms with Crippen molar-refractivity contribution < 1.29 is 122 Å². The molecule has 0 aromatic heterocycles. The van der Waals surface area contributed by atoms with E-state index in [0.717, 1.165) is 128 Å². The third-order valence-corrected chi connectivity index (χ3v) is 26.4. The molecule has 10 N–H and O–H groups in total. The average molecular weight is 1780 g/mol. The highest BCUT2D eigenvalue weighted by atomic mass is 31.2. The van der Waals surface area contributed by atoms with E-state index < -0.39 is 162 Å². The number of hydrogen-bond donors (Lipinski definition) is 10. The van der Waals surface area contributed by atoms with E-state index in [4.69, 9.17) is 46.9 Å². The zero-order chi connectivity index (χ0) is 89.9. The molecule has 726 valence electrons. The lowest BCUT2D eigenvalue weighted by atomic mass is 9.84. The molecule has 2 saturated heterocycles. The summed E-state index contributed by atoms with van der Waals surface area (Å²) in [6, 6.07) is 0. The van der Waals surface area contributed by atoms with Gasteiger partial charge in [0.15, 0.2) is 24.8 Å². The van der Waals surface area contributed by atoms with Crippen molar-refractivity contribution in [1.29, 1.82) is 0 Å². The van der Waals surface area contributed by atoms with Crippen molar-refractivity contribution in [1.82, 2.24) is 0 Å². The lowest BCUT2D eigenvalue weighted by Gasteiger charge is -2.50. The second-order valence-corrected chi connectivity index (χ2v) is 38.3. The summed E-state index contributed by atoms with van der Waals surface area (Å²) in [6.07, 6.45) is 30.7. The van der Waals surface area contributed by atoms with Crippen molar-refractivity contribution >= 4 is 31.7 Å². The summed E-state index contributed by atoms with van der Waals surface area (Å²) in [6.45, 7) is 10.3. The Kier molecular flexibility index (Phi) is 69.0. The van der Waals surface area contributed by atoms with Crippen LogP contribution in [-0.2, 0) is 70.7 Å². The molecule has 0 aromatic carbocycles. The van der Waals surface area contributed by atoms with E-state index in [2.05, 4.69) is 41.5 Å². The molecule has 3 rings (SSSR count). The van der Waals surface area contributed by atoms with E-state index in [1.54, 1.807) is 0 Å². The van der Waals surface area contributed by atoms with E-state index >= 15 is 0 Å². The number of phosphoric ester groups is 1. The van der Waals surface area contributed by atoms with Crippen LogP contribution in [0.5, 0.6) is 0 Å². The van der Waals surface area contributed by atoms with Gasteiger partial charge in [0.25, 0.3) is 0 Å². The summed E-state index contributed by atoms with van der Waals surface area (Å²) in [5.41, 5.74) is 0. The number of unbranched alkanes of at least 4 members (excludes halogenated alkanes) is 50. The van der Waals surface area contributed by atoms with Crippen LogP contribution >= 0.6 is 7.82 Å². The van der Waals surface area contributed by atoms with Crippen molar-refractivity contribution in [3.8, 4) is 0 Å². The number of phosphoric acid groups is 1. The number of aliphatic hydroxyl groups is 9. The van der Waals surface area contributed by atoms with Gasteiger partial charge < -0.3 is 88.7 Å². The lowest BCUT2D eigenvalue weighted by Crippen LogP contribution is -2.70. The Labute approximate surface area is 744 Å². The monoisotopic (exact) mass is 1780 g/mol. The molecule has 3 fully saturated rings. The Bertz CT molecular complexity index is 2580. The first-order chi connectivity index (χ1) is 59.5. The van der Waals surface area contributed by atoms with Gasteiger partial charge in [-0.2, -0.15) is 0 Å². The fraction of sp³-hybridized carbons (Fsp3) is 0.959. The maximum absolute atomic E-state index is 15.0. The fourth-order valence-electron chi connectivity index (χ4n) is 17.2. The number of aliphatic hydroxyl groups excluding tert-OH is 9. The summed E-state index contributed by atoms with van der Waals surface area (Å²) >= 11 is 0. The molecular weight excluding hydrogens is 1600 g/mol. The number of hydrogen-bond acceptors (Lipinski definition) is 24. The molecule has 20 unspecified atom stereocenters. The van der Waals surface area contributed by atoms with Crippen LogP contribution in [0.2, 0.25) is 0 Å². The molecule has 20 atom stereocenters. The van der Waals surface area contributed by atoms with Crippen molar-refractivity contribution in [2.45, 2.75) is 557 Å². The van der Waals surface area contributed by atoms with E-state index in [-0.39, 0.29) is 25.7 Å². The second-order valence-electron chi connectivity index (χ2n) is 36.9. The number of carbonyl (C=O) groups excluding carboxylic acids is 4. The van der Waals surface area contributed by atoms with Gasteiger partial charge in [-0.1, -0.05) is 401 Å². The first kappa shape index (κ1) is 115. The number of carbonyl (C=O) groups is 4. The minimum atomic E-state index is -5.81.